The Morgan fingerprint density at radius 3 is 2.10 bits per heavy atom. The van der Waals surface area contributed by atoms with Crippen molar-refractivity contribution in [2.75, 3.05) is 0 Å². The van der Waals surface area contributed by atoms with Gasteiger partial charge < -0.3 is 10.2 Å². The highest BCUT2D eigenvalue weighted by molar-refractivity contribution is 5.88. The third-order valence-electron chi connectivity index (χ3n) is 5.73. The van der Waals surface area contributed by atoms with Gasteiger partial charge in [-0.2, -0.15) is 0 Å². The molecule has 0 saturated heterocycles. The molecule has 4 heteroatoms. The predicted molar refractivity (Wildman–Crippen MR) is 116 cm³/mol. The Morgan fingerprint density at radius 1 is 0.931 bits per heavy atom. The third-order valence-corrected chi connectivity index (χ3v) is 5.73. The van der Waals surface area contributed by atoms with Crippen molar-refractivity contribution in [2.24, 2.45) is 0 Å². The summed E-state index contributed by atoms with van der Waals surface area (Å²) in [7, 11) is 0. The molecule has 1 fully saturated rings. The summed E-state index contributed by atoms with van der Waals surface area (Å²) < 4.78 is 0. The van der Waals surface area contributed by atoms with Gasteiger partial charge in [0.25, 0.3) is 0 Å². The number of hydrogen-bond donors (Lipinski definition) is 1. The second kappa shape index (κ2) is 10.8. The fourth-order valence-electron chi connectivity index (χ4n) is 4.12. The Morgan fingerprint density at radius 2 is 1.52 bits per heavy atom. The van der Waals surface area contributed by atoms with Crippen molar-refractivity contribution in [3.8, 4) is 0 Å². The molecule has 2 aromatic carbocycles. The molecule has 0 aromatic heterocycles. The van der Waals surface area contributed by atoms with E-state index in [-0.39, 0.29) is 17.9 Å². The average Bonchev–Trinajstić information content (AvgIpc) is 2.75. The maximum atomic E-state index is 13.3. The van der Waals surface area contributed by atoms with Crippen LogP contribution in [-0.4, -0.2) is 28.8 Å². The van der Waals surface area contributed by atoms with Crippen LogP contribution in [-0.2, 0) is 22.6 Å². The number of carbonyl (C=O) groups excluding carboxylic acids is 2. The second-order valence-corrected chi connectivity index (χ2v) is 7.94. The lowest BCUT2D eigenvalue weighted by Gasteiger charge is -2.33. The molecule has 154 valence electrons. The number of carbonyl (C=O) groups is 2. The Kier molecular flexibility index (Phi) is 7.85. The van der Waals surface area contributed by atoms with E-state index in [1.165, 1.54) is 19.3 Å². The van der Waals surface area contributed by atoms with Crippen molar-refractivity contribution < 1.29 is 9.59 Å². The lowest BCUT2D eigenvalue weighted by Crippen LogP contribution is -2.51. The van der Waals surface area contributed by atoms with Crippen LogP contribution in [0.1, 0.15) is 56.6 Å². The summed E-state index contributed by atoms with van der Waals surface area (Å²) in [6.07, 6.45) is 6.58. The van der Waals surface area contributed by atoms with E-state index in [9.17, 15) is 9.59 Å². The molecule has 1 atom stereocenters. The minimum atomic E-state index is -0.451. The molecule has 1 aliphatic carbocycles. The Balaban J connectivity index is 1.77. The SMILES string of the molecule is CCC(C(=O)NC1CCCCC1)N(Cc1ccccc1)C(=O)Cc1ccccc1. The summed E-state index contributed by atoms with van der Waals surface area (Å²) in [5.41, 5.74) is 2.01. The van der Waals surface area contributed by atoms with E-state index in [1.807, 2.05) is 67.6 Å². The number of nitrogens with one attached hydrogen (secondary N) is 1. The zero-order valence-corrected chi connectivity index (χ0v) is 17.3. The molecule has 1 aliphatic rings. The zero-order chi connectivity index (χ0) is 20.5. The molecule has 0 heterocycles. The van der Waals surface area contributed by atoms with Gasteiger partial charge in [0.15, 0.2) is 0 Å². The van der Waals surface area contributed by atoms with E-state index in [0.29, 0.717) is 19.4 Å². The van der Waals surface area contributed by atoms with E-state index in [0.717, 1.165) is 24.0 Å². The average molecular weight is 393 g/mol. The largest absolute Gasteiger partial charge is 0.352 e. The number of benzene rings is 2. The van der Waals surface area contributed by atoms with Crippen LogP contribution in [0, 0.1) is 0 Å². The van der Waals surface area contributed by atoms with Gasteiger partial charge in [-0.25, -0.2) is 0 Å². The molecule has 0 spiro atoms. The molecule has 2 aromatic rings. The van der Waals surface area contributed by atoms with Crippen molar-refractivity contribution in [1.29, 1.82) is 0 Å². The molecule has 0 aliphatic heterocycles. The van der Waals surface area contributed by atoms with Gasteiger partial charge in [0.05, 0.1) is 6.42 Å². The summed E-state index contributed by atoms with van der Waals surface area (Å²) in [5.74, 6) is -0.0255. The monoisotopic (exact) mass is 392 g/mol. The van der Waals surface area contributed by atoms with E-state index in [1.54, 1.807) is 4.90 Å². The lowest BCUT2D eigenvalue weighted by atomic mass is 9.95. The normalized spacial score (nSPS) is 15.5. The maximum Gasteiger partial charge on any atom is 0.243 e. The van der Waals surface area contributed by atoms with E-state index >= 15 is 0 Å². The maximum absolute atomic E-state index is 13.3. The molecular weight excluding hydrogens is 360 g/mol. The molecule has 1 unspecified atom stereocenters. The molecule has 0 radical (unpaired) electrons. The van der Waals surface area contributed by atoms with Crippen LogP contribution in [0.25, 0.3) is 0 Å². The van der Waals surface area contributed by atoms with Gasteiger partial charge in [-0.15, -0.1) is 0 Å². The summed E-state index contributed by atoms with van der Waals surface area (Å²) in [4.78, 5) is 28.2. The van der Waals surface area contributed by atoms with Crippen molar-refractivity contribution in [3.05, 3.63) is 71.8 Å². The van der Waals surface area contributed by atoms with Crippen molar-refractivity contribution in [2.45, 2.75) is 70.5 Å². The molecule has 2 amide bonds. The number of amides is 2. The lowest BCUT2D eigenvalue weighted by molar-refractivity contribution is -0.141. The Bertz CT molecular complexity index is 770. The van der Waals surface area contributed by atoms with E-state index in [4.69, 9.17) is 0 Å². The van der Waals surface area contributed by atoms with Gasteiger partial charge in [-0.05, 0) is 30.4 Å². The summed E-state index contributed by atoms with van der Waals surface area (Å²) >= 11 is 0. The summed E-state index contributed by atoms with van der Waals surface area (Å²) in [6, 6.07) is 19.5. The molecule has 0 bridgehead atoms. The minimum absolute atomic E-state index is 0.00861. The van der Waals surface area contributed by atoms with Crippen molar-refractivity contribution in [3.63, 3.8) is 0 Å². The van der Waals surface area contributed by atoms with Crippen LogP contribution in [0.3, 0.4) is 0 Å². The van der Waals surface area contributed by atoms with E-state index < -0.39 is 6.04 Å². The van der Waals surface area contributed by atoms with Crippen LogP contribution in [0.4, 0.5) is 0 Å². The quantitative estimate of drug-likeness (QED) is 0.720. The fourth-order valence-corrected chi connectivity index (χ4v) is 4.12. The van der Waals surface area contributed by atoms with Crippen molar-refractivity contribution in [1.82, 2.24) is 10.2 Å². The first-order chi connectivity index (χ1) is 14.2. The highest BCUT2D eigenvalue weighted by Crippen LogP contribution is 2.19. The first-order valence-corrected chi connectivity index (χ1v) is 10.8. The summed E-state index contributed by atoms with van der Waals surface area (Å²) in [6.45, 7) is 2.43. The van der Waals surface area contributed by atoms with Crippen LogP contribution in [0.5, 0.6) is 0 Å². The topological polar surface area (TPSA) is 49.4 Å². The molecule has 4 nitrogen and oxygen atoms in total. The number of hydrogen-bond acceptors (Lipinski definition) is 2. The van der Waals surface area contributed by atoms with Gasteiger partial charge in [-0.3, -0.25) is 9.59 Å². The molecule has 1 saturated carbocycles. The van der Waals surface area contributed by atoms with Gasteiger partial charge in [-0.1, -0.05) is 86.8 Å². The van der Waals surface area contributed by atoms with Gasteiger partial charge in [0.1, 0.15) is 6.04 Å². The Labute approximate surface area is 174 Å². The first kappa shape index (κ1) is 21.1. The molecule has 3 rings (SSSR count). The fraction of sp³-hybridized carbons (Fsp3) is 0.440. The standard InChI is InChI=1S/C25H32N2O2/c1-2-23(25(29)26-22-16-10-5-11-17-22)27(19-21-14-8-4-9-15-21)24(28)18-20-12-6-3-7-13-20/h3-4,6-9,12-15,22-23H,2,5,10-11,16-19H2,1H3,(H,26,29). The van der Waals surface area contributed by atoms with Crippen LogP contribution < -0.4 is 5.32 Å². The highest BCUT2D eigenvalue weighted by Gasteiger charge is 2.30. The Hall–Kier alpha value is -2.62. The third kappa shape index (κ3) is 6.18. The van der Waals surface area contributed by atoms with Gasteiger partial charge in [0.2, 0.25) is 11.8 Å². The minimum Gasteiger partial charge on any atom is -0.352 e. The van der Waals surface area contributed by atoms with Gasteiger partial charge >= 0.3 is 0 Å². The predicted octanol–water partition coefficient (Wildman–Crippen LogP) is 4.49. The number of nitrogens with zero attached hydrogens (tertiary/aromatic N) is 1. The van der Waals surface area contributed by atoms with Crippen LogP contribution in [0.15, 0.2) is 60.7 Å². The number of rotatable bonds is 8. The highest BCUT2D eigenvalue weighted by atomic mass is 16.2. The summed E-state index contributed by atoms with van der Waals surface area (Å²) in [5, 5.41) is 3.22. The van der Waals surface area contributed by atoms with E-state index in [2.05, 4.69) is 5.32 Å². The second-order valence-electron chi connectivity index (χ2n) is 7.94. The van der Waals surface area contributed by atoms with Crippen LogP contribution in [0.2, 0.25) is 0 Å². The molecular formula is C25H32N2O2. The van der Waals surface area contributed by atoms with Crippen LogP contribution >= 0.6 is 0 Å². The molecule has 1 N–H and O–H groups in total. The van der Waals surface area contributed by atoms with Gasteiger partial charge in [0, 0.05) is 12.6 Å². The molecule has 29 heavy (non-hydrogen) atoms. The van der Waals surface area contributed by atoms with Crippen molar-refractivity contribution >= 4 is 11.8 Å². The smallest absolute Gasteiger partial charge is 0.243 e. The zero-order valence-electron chi connectivity index (χ0n) is 17.3. The first-order valence-electron chi connectivity index (χ1n) is 10.8.